The van der Waals surface area contributed by atoms with E-state index in [2.05, 4.69) is 9.97 Å². The maximum atomic E-state index is 14.0. The number of ether oxygens (including phenoxy) is 2. The normalized spacial score (nSPS) is 20.1. The van der Waals surface area contributed by atoms with Crippen LogP contribution in [0, 0.1) is 24.6 Å². The largest absolute Gasteiger partial charge is 0.487 e. The highest BCUT2D eigenvalue weighted by Crippen LogP contribution is 2.31. The van der Waals surface area contributed by atoms with Crippen molar-refractivity contribution < 1.29 is 28.6 Å². The first-order valence-electron chi connectivity index (χ1n) is 12.2. The van der Waals surface area contributed by atoms with Crippen LogP contribution in [0.15, 0.2) is 24.4 Å². The van der Waals surface area contributed by atoms with Crippen molar-refractivity contribution in [3.8, 4) is 17.1 Å². The summed E-state index contributed by atoms with van der Waals surface area (Å²) in [6.07, 6.45) is 7.08. The lowest BCUT2D eigenvalue weighted by Gasteiger charge is -2.29. The summed E-state index contributed by atoms with van der Waals surface area (Å²) >= 11 is 0. The van der Waals surface area contributed by atoms with E-state index >= 15 is 0 Å². The number of aryl methyl sites for hydroxylation is 1. The summed E-state index contributed by atoms with van der Waals surface area (Å²) in [5, 5.41) is 9.30. The average molecular weight is 486 g/mol. The van der Waals surface area contributed by atoms with Crippen LogP contribution in [0.2, 0.25) is 0 Å². The van der Waals surface area contributed by atoms with E-state index in [0.717, 1.165) is 25.7 Å². The van der Waals surface area contributed by atoms with Gasteiger partial charge in [0.05, 0.1) is 23.9 Å². The molecule has 4 rings (SSSR count). The summed E-state index contributed by atoms with van der Waals surface area (Å²) in [4.78, 5) is 34.3. The molecule has 2 saturated carbocycles. The van der Waals surface area contributed by atoms with Crippen LogP contribution in [0.1, 0.15) is 56.2 Å². The first-order valence-corrected chi connectivity index (χ1v) is 12.2. The van der Waals surface area contributed by atoms with Crippen molar-refractivity contribution >= 4 is 12.1 Å². The molecule has 1 N–H and O–H groups in total. The standard InChI is InChI=1S/C26H32FN3O5/c1-16-23(35-21-8-4-7-18(12-21)25(31)32)13-28-24(29-16)22-10-9-20(27)11-19(22)15-34-26(33)30(2)14-17-5-3-6-17/h9-11,13,17-18,21H,3-8,12,14-15H2,1-2H3,(H,31,32)/t18-,21-/m0/s1. The molecule has 0 radical (unpaired) electrons. The zero-order chi connectivity index (χ0) is 24.9. The molecule has 35 heavy (non-hydrogen) atoms. The molecule has 9 heteroatoms. The smallest absolute Gasteiger partial charge is 0.409 e. The molecule has 2 atom stereocenters. The van der Waals surface area contributed by atoms with Gasteiger partial charge in [-0.2, -0.15) is 0 Å². The second-order valence-corrected chi connectivity index (χ2v) is 9.62. The minimum atomic E-state index is -0.791. The Kier molecular flexibility index (Phi) is 7.83. The molecule has 8 nitrogen and oxygen atoms in total. The summed E-state index contributed by atoms with van der Waals surface area (Å²) in [5.74, 6) is -0.234. The van der Waals surface area contributed by atoms with Crippen LogP contribution >= 0.6 is 0 Å². The summed E-state index contributed by atoms with van der Waals surface area (Å²) in [6.45, 7) is 2.35. The van der Waals surface area contributed by atoms with Crippen molar-refractivity contribution in [1.29, 1.82) is 0 Å². The van der Waals surface area contributed by atoms with Crippen LogP contribution in [-0.2, 0) is 16.1 Å². The molecule has 0 unspecified atom stereocenters. The monoisotopic (exact) mass is 485 g/mol. The summed E-state index contributed by atoms with van der Waals surface area (Å²) in [7, 11) is 1.71. The van der Waals surface area contributed by atoms with Crippen molar-refractivity contribution in [3.63, 3.8) is 0 Å². The van der Waals surface area contributed by atoms with Gasteiger partial charge in [0.25, 0.3) is 0 Å². The molecular weight excluding hydrogens is 453 g/mol. The van der Waals surface area contributed by atoms with Gasteiger partial charge in [0.15, 0.2) is 11.6 Å². The lowest BCUT2D eigenvalue weighted by atomic mass is 9.85. The van der Waals surface area contributed by atoms with Gasteiger partial charge in [0, 0.05) is 24.7 Å². The van der Waals surface area contributed by atoms with Crippen LogP contribution in [0.3, 0.4) is 0 Å². The van der Waals surface area contributed by atoms with Gasteiger partial charge in [-0.15, -0.1) is 0 Å². The number of carboxylic acids is 1. The van der Waals surface area contributed by atoms with Crippen molar-refractivity contribution in [2.75, 3.05) is 13.6 Å². The second kappa shape index (κ2) is 11.0. The van der Waals surface area contributed by atoms with Gasteiger partial charge in [0.1, 0.15) is 12.4 Å². The molecular formula is C26H32FN3O5. The fourth-order valence-corrected chi connectivity index (χ4v) is 4.64. The fourth-order valence-electron chi connectivity index (χ4n) is 4.64. The molecule has 0 bridgehead atoms. The summed E-state index contributed by atoms with van der Waals surface area (Å²) in [6, 6.07) is 4.22. The van der Waals surface area contributed by atoms with Crippen molar-refractivity contribution in [2.45, 2.75) is 64.6 Å². The summed E-state index contributed by atoms with van der Waals surface area (Å²) < 4.78 is 25.5. The number of carbonyl (C=O) groups is 2. The quantitative estimate of drug-likeness (QED) is 0.562. The molecule has 1 aromatic carbocycles. The van der Waals surface area contributed by atoms with E-state index in [1.54, 1.807) is 31.1 Å². The molecule has 1 heterocycles. The van der Waals surface area contributed by atoms with E-state index in [4.69, 9.17) is 9.47 Å². The minimum absolute atomic E-state index is 0.0970. The van der Waals surface area contributed by atoms with Gasteiger partial charge >= 0.3 is 12.1 Å². The van der Waals surface area contributed by atoms with E-state index < -0.39 is 23.8 Å². The lowest BCUT2D eigenvalue weighted by Crippen LogP contribution is -2.34. The molecule has 188 valence electrons. The Morgan fingerprint density at radius 3 is 2.66 bits per heavy atom. The average Bonchev–Trinajstić information content (AvgIpc) is 2.81. The number of nitrogens with zero attached hydrogens (tertiary/aromatic N) is 3. The highest BCUT2D eigenvalue weighted by Gasteiger charge is 2.29. The zero-order valence-corrected chi connectivity index (χ0v) is 20.2. The number of carboxylic acid groups (broad SMARTS) is 1. The van der Waals surface area contributed by atoms with Crippen LogP contribution in [0.4, 0.5) is 9.18 Å². The fraction of sp³-hybridized carbons (Fsp3) is 0.538. The highest BCUT2D eigenvalue weighted by molar-refractivity contribution is 5.70. The van der Waals surface area contributed by atoms with E-state index in [9.17, 15) is 19.1 Å². The predicted molar refractivity (Wildman–Crippen MR) is 126 cm³/mol. The molecule has 1 amide bonds. The van der Waals surface area contributed by atoms with Crippen molar-refractivity contribution in [2.24, 2.45) is 11.8 Å². The van der Waals surface area contributed by atoms with Gasteiger partial charge in [0.2, 0.25) is 0 Å². The molecule has 0 saturated heterocycles. The van der Waals surface area contributed by atoms with Crippen LogP contribution in [-0.4, -0.2) is 51.7 Å². The summed E-state index contributed by atoms with van der Waals surface area (Å²) in [5.41, 5.74) is 1.64. The third-order valence-electron chi connectivity index (χ3n) is 6.93. The number of carbonyl (C=O) groups excluding carboxylic acids is 1. The Balaban J connectivity index is 1.44. The van der Waals surface area contributed by atoms with E-state index in [1.807, 2.05) is 0 Å². The first kappa shape index (κ1) is 24.9. The Morgan fingerprint density at radius 2 is 1.97 bits per heavy atom. The Bertz CT molecular complexity index is 1070. The molecule has 1 aromatic heterocycles. The second-order valence-electron chi connectivity index (χ2n) is 9.62. The number of aromatic nitrogens is 2. The third kappa shape index (κ3) is 6.26. The number of hydrogen-bond donors (Lipinski definition) is 1. The number of halogens is 1. The predicted octanol–water partition coefficient (Wildman–Crippen LogP) is 4.98. The number of benzene rings is 1. The highest BCUT2D eigenvalue weighted by atomic mass is 19.1. The van der Waals surface area contributed by atoms with Crippen molar-refractivity contribution in [1.82, 2.24) is 14.9 Å². The Labute approximate surface area is 204 Å². The molecule has 2 aliphatic carbocycles. The number of hydrogen-bond acceptors (Lipinski definition) is 6. The SMILES string of the molecule is Cc1nc(-c2ccc(F)cc2COC(=O)N(C)CC2CCC2)ncc1O[C@H]1CCC[C@H](C(=O)O)C1. The molecule has 2 aromatic rings. The Hall–Kier alpha value is -3.23. The first-order chi connectivity index (χ1) is 16.8. The maximum Gasteiger partial charge on any atom is 0.409 e. The maximum absolute atomic E-state index is 14.0. The van der Waals surface area contributed by atoms with Crippen LogP contribution in [0.5, 0.6) is 5.75 Å². The number of aliphatic carboxylic acids is 1. The lowest BCUT2D eigenvalue weighted by molar-refractivity contribution is -0.143. The van der Waals surface area contributed by atoms with Crippen molar-refractivity contribution in [3.05, 3.63) is 41.5 Å². The third-order valence-corrected chi connectivity index (χ3v) is 6.93. The molecule has 2 aliphatic rings. The Morgan fingerprint density at radius 1 is 1.20 bits per heavy atom. The van der Waals surface area contributed by atoms with E-state index in [1.165, 1.54) is 18.6 Å². The minimum Gasteiger partial charge on any atom is -0.487 e. The van der Waals surface area contributed by atoms with Gasteiger partial charge in [-0.25, -0.2) is 19.2 Å². The van der Waals surface area contributed by atoms with Gasteiger partial charge in [-0.3, -0.25) is 4.79 Å². The van der Waals surface area contributed by atoms with Gasteiger partial charge in [-0.1, -0.05) is 6.42 Å². The molecule has 2 fully saturated rings. The topological polar surface area (TPSA) is 102 Å². The van der Waals surface area contributed by atoms with Crippen LogP contribution in [0.25, 0.3) is 11.4 Å². The van der Waals surface area contributed by atoms with E-state index in [-0.39, 0.29) is 12.7 Å². The van der Waals surface area contributed by atoms with Gasteiger partial charge in [-0.05, 0) is 69.6 Å². The van der Waals surface area contributed by atoms with Crippen LogP contribution < -0.4 is 4.74 Å². The molecule has 0 aliphatic heterocycles. The zero-order valence-electron chi connectivity index (χ0n) is 20.2. The van der Waals surface area contributed by atoms with E-state index in [0.29, 0.717) is 53.7 Å². The van der Waals surface area contributed by atoms with Gasteiger partial charge < -0.3 is 19.5 Å². The number of amides is 1. The number of rotatable bonds is 8. The molecule has 0 spiro atoms.